The largest absolute Gasteiger partial charge is 0.361 e. The van der Waals surface area contributed by atoms with Gasteiger partial charge in [-0.25, -0.2) is 5.43 Å². The second-order valence-corrected chi connectivity index (χ2v) is 3.95. The Morgan fingerprint density at radius 1 is 1.29 bits per heavy atom. The lowest BCUT2D eigenvalue weighted by Gasteiger charge is -2.03. The van der Waals surface area contributed by atoms with Gasteiger partial charge in [-0.3, -0.25) is 9.59 Å². The van der Waals surface area contributed by atoms with Crippen molar-refractivity contribution in [3.05, 3.63) is 33.8 Å². The zero-order valence-electron chi connectivity index (χ0n) is 8.83. The molecule has 0 aliphatic carbocycles. The van der Waals surface area contributed by atoms with Gasteiger partial charge in [-0.15, -0.1) is 0 Å². The average molecular weight is 274 g/mol. The van der Waals surface area contributed by atoms with Gasteiger partial charge < -0.3 is 5.73 Å². The van der Waals surface area contributed by atoms with Gasteiger partial charge in [-0.1, -0.05) is 29.3 Å². The Kier molecular flexibility index (Phi) is 4.48. The molecule has 17 heavy (non-hydrogen) atoms. The predicted molar refractivity (Wildman–Crippen MR) is 66.0 cm³/mol. The van der Waals surface area contributed by atoms with E-state index in [4.69, 9.17) is 28.9 Å². The monoisotopic (exact) mass is 273 g/mol. The van der Waals surface area contributed by atoms with Gasteiger partial charge >= 0.3 is 11.8 Å². The molecule has 0 fully saturated rings. The number of rotatable bonds is 2. The van der Waals surface area contributed by atoms with Crippen molar-refractivity contribution in [3.63, 3.8) is 0 Å². The van der Waals surface area contributed by atoms with Crippen molar-refractivity contribution in [2.75, 3.05) is 0 Å². The number of benzene rings is 1. The number of hydrogen-bond acceptors (Lipinski definition) is 3. The van der Waals surface area contributed by atoms with Gasteiger partial charge in [0, 0.05) is 0 Å². The molecule has 0 radical (unpaired) electrons. The summed E-state index contributed by atoms with van der Waals surface area (Å²) in [4.78, 5) is 21.3. The van der Waals surface area contributed by atoms with E-state index in [0.717, 1.165) is 0 Å². The minimum Gasteiger partial charge on any atom is -0.361 e. The molecular weight excluding hydrogens is 265 g/mol. The number of carbonyl (C=O) groups is 2. The van der Waals surface area contributed by atoms with Gasteiger partial charge in [-0.05, 0) is 24.6 Å². The summed E-state index contributed by atoms with van der Waals surface area (Å²) in [6.07, 6.45) is 0. The highest BCUT2D eigenvalue weighted by atomic mass is 35.5. The first-order valence-corrected chi connectivity index (χ1v) is 5.27. The molecule has 3 N–H and O–H groups in total. The van der Waals surface area contributed by atoms with Crippen molar-refractivity contribution in [3.8, 4) is 0 Å². The van der Waals surface area contributed by atoms with Crippen LogP contribution >= 0.6 is 23.2 Å². The first-order valence-electron chi connectivity index (χ1n) is 4.51. The number of amides is 2. The van der Waals surface area contributed by atoms with Crippen molar-refractivity contribution >= 4 is 40.7 Å². The molecule has 2 amide bonds. The van der Waals surface area contributed by atoms with Crippen molar-refractivity contribution < 1.29 is 9.59 Å². The SMILES string of the molecule is C/C(=N\NC(=O)C(N)=O)c1ccc(Cl)c(Cl)c1. The molecule has 0 saturated heterocycles. The number of halogens is 2. The third-order valence-electron chi connectivity index (χ3n) is 1.89. The molecule has 1 aromatic rings. The van der Waals surface area contributed by atoms with Crippen molar-refractivity contribution in [2.45, 2.75) is 6.92 Å². The maximum atomic E-state index is 10.9. The third kappa shape index (κ3) is 3.72. The molecule has 0 aliphatic rings. The maximum absolute atomic E-state index is 10.9. The zero-order valence-corrected chi connectivity index (χ0v) is 10.3. The minimum absolute atomic E-state index is 0.375. The first-order chi connectivity index (χ1) is 7.91. The van der Waals surface area contributed by atoms with Crippen LogP contribution in [0.5, 0.6) is 0 Å². The van der Waals surface area contributed by atoms with Crippen LogP contribution in [0.2, 0.25) is 10.0 Å². The summed E-state index contributed by atoms with van der Waals surface area (Å²) in [5, 5.41) is 4.50. The van der Waals surface area contributed by atoms with Gasteiger partial charge in [0.1, 0.15) is 0 Å². The fourth-order valence-corrected chi connectivity index (χ4v) is 1.27. The molecule has 5 nitrogen and oxygen atoms in total. The van der Waals surface area contributed by atoms with E-state index < -0.39 is 11.8 Å². The Labute approximate surface area is 108 Å². The fourth-order valence-electron chi connectivity index (χ4n) is 0.975. The van der Waals surface area contributed by atoms with Crippen LogP contribution in [0.15, 0.2) is 23.3 Å². The Morgan fingerprint density at radius 2 is 1.94 bits per heavy atom. The molecule has 0 atom stereocenters. The smallest absolute Gasteiger partial charge is 0.329 e. The van der Waals surface area contributed by atoms with Crippen molar-refractivity contribution in [2.24, 2.45) is 10.8 Å². The molecule has 7 heteroatoms. The molecule has 90 valence electrons. The van der Waals surface area contributed by atoms with E-state index in [-0.39, 0.29) is 0 Å². The second-order valence-electron chi connectivity index (χ2n) is 3.13. The van der Waals surface area contributed by atoms with Crippen LogP contribution in [0.4, 0.5) is 0 Å². The van der Waals surface area contributed by atoms with Gasteiger partial charge in [0.2, 0.25) is 0 Å². The normalized spacial score (nSPS) is 11.1. The summed E-state index contributed by atoms with van der Waals surface area (Å²) in [6, 6.07) is 4.89. The van der Waals surface area contributed by atoms with Crippen LogP contribution in [-0.2, 0) is 9.59 Å². The highest BCUT2D eigenvalue weighted by Gasteiger charge is 2.07. The van der Waals surface area contributed by atoms with Gasteiger partial charge in [0.25, 0.3) is 0 Å². The molecule has 0 aliphatic heterocycles. The summed E-state index contributed by atoms with van der Waals surface area (Å²) in [5.74, 6) is -2.08. The van der Waals surface area contributed by atoms with E-state index in [1.807, 2.05) is 5.43 Å². The molecule has 1 rings (SSSR count). The van der Waals surface area contributed by atoms with E-state index in [0.29, 0.717) is 21.3 Å². The Balaban J connectivity index is 2.85. The number of hydrogen-bond donors (Lipinski definition) is 2. The summed E-state index contributed by atoms with van der Waals surface area (Å²) in [6.45, 7) is 1.64. The molecule has 0 aromatic heterocycles. The summed E-state index contributed by atoms with van der Waals surface area (Å²) < 4.78 is 0. The number of hydrazone groups is 1. The van der Waals surface area contributed by atoms with E-state index in [1.165, 1.54) is 0 Å². The highest BCUT2D eigenvalue weighted by Crippen LogP contribution is 2.22. The summed E-state index contributed by atoms with van der Waals surface area (Å²) >= 11 is 11.6. The van der Waals surface area contributed by atoms with Crippen molar-refractivity contribution in [1.29, 1.82) is 0 Å². The van der Waals surface area contributed by atoms with Crippen LogP contribution in [0, 0.1) is 0 Å². The molecule has 0 heterocycles. The lowest BCUT2D eigenvalue weighted by Crippen LogP contribution is -2.33. The van der Waals surface area contributed by atoms with E-state index in [1.54, 1.807) is 25.1 Å². The first kappa shape index (κ1) is 13.5. The van der Waals surface area contributed by atoms with Crippen LogP contribution in [0.1, 0.15) is 12.5 Å². The topological polar surface area (TPSA) is 84.6 Å². The molecule has 1 aromatic carbocycles. The standard InChI is InChI=1S/C10H9Cl2N3O2/c1-5(14-15-10(17)9(13)16)6-2-3-7(11)8(12)4-6/h2-4H,1H3,(H2,13,16)(H,15,17)/b14-5+. The Morgan fingerprint density at radius 3 is 2.47 bits per heavy atom. The van der Waals surface area contributed by atoms with Crippen LogP contribution in [-0.4, -0.2) is 17.5 Å². The lowest BCUT2D eigenvalue weighted by atomic mass is 10.1. The number of nitrogens with zero attached hydrogens (tertiary/aromatic N) is 1. The van der Waals surface area contributed by atoms with E-state index in [9.17, 15) is 9.59 Å². The fraction of sp³-hybridized carbons (Fsp3) is 0.100. The second kappa shape index (κ2) is 5.65. The van der Waals surface area contributed by atoms with E-state index >= 15 is 0 Å². The van der Waals surface area contributed by atoms with Gasteiger partial charge in [0.05, 0.1) is 15.8 Å². The average Bonchev–Trinajstić information content (AvgIpc) is 2.28. The highest BCUT2D eigenvalue weighted by molar-refractivity contribution is 6.42. The van der Waals surface area contributed by atoms with E-state index in [2.05, 4.69) is 5.10 Å². The number of carbonyl (C=O) groups excluding carboxylic acids is 2. The number of nitrogens with two attached hydrogens (primary N) is 1. The third-order valence-corrected chi connectivity index (χ3v) is 2.63. The summed E-state index contributed by atoms with van der Waals surface area (Å²) in [7, 11) is 0. The maximum Gasteiger partial charge on any atom is 0.329 e. The van der Waals surface area contributed by atoms with Crippen molar-refractivity contribution in [1.82, 2.24) is 5.43 Å². The predicted octanol–water partition coefficient (Wildman–Crippen LogP) is 1.32. The number of nitrogens with one attached hydrogen (secondary N) is 1. The summed E-state index contributed by atoms with van der Waals surface area (Å²) in [5.41, 5.74) is 7.90. The molecule has 0 saturated carbocycles. The Hall–Kier alpha value is -1.59. The lowest BCUT2D eigenvalue weighted by molar-refractivity contribution is -0.137. The Bertz CT molecular complexity index is 500. The van der Waals surface area contributed by atoms with Gasteiger partial charge in [-0.2, -0.15) is 5.10 Å². The molecule has 0 unspecified atom stereocenters. The quantitative estimate of drug-likeness (QED) is 0.484. The zero-order chi connectivity index (χ0) is 13.0. The minimum atomic E-state index is -1.10. The number of primary amides is 1. The molecule has 0 spiro atoms. The molecule has 0 bridgehead atoms. The van der Waals surface area contributed by atoms with Crippen LogP contribution in [0.3, 0.4) is 0 Å². The van der Waals surface area contributed by atoms with Crippen LogP contribution in [0.25, 0.3) is 0 Å². The van der Waals surface area contributed by atoms with Gasteiger partial charge in [0.15, 0.2) is 0 Å². The molecular formula is C10H9Cl2N3O2. The van der Waals surface area contributed by atoms with Crippen LogP contribution < -0.4 is 11.2 Å².